The summed E-state index contributed by atoms with van der Waals surface area (Å²) in [5, 5.41) is 15.4. The highest BCUT2D eigenvalue weighted by atomic mass is 16.5. The third kappa shape index (κ3) is 4.92. The lowest BCUT2D eigenvalue weighted by molar-refractivity contribution is -0.122. The Labute approximate surface area is 96.6 Å². The number of carbonyl (C=O) groups is 1. The van der Waals surface area contributed by atoms with Crippen LogP contribution in [0.15, 0.2) is 0 Å². The van der Waals surface area contributed by atoms with Gasteiger partial charge in [-0.15, -0.1) is 0 Å². The Balaban J connectivity index is 2.13. The Morgan fingerprint density at radius 2 is 2.12 bits per heavy atom. The highest BCUT2D eigenvalue weighted by molar-refractivity contribution is 5.76. The smallest absolute Gasteiger partial charge is 0.221 e. The third-order valence-electron chi connectivity index (χ3n) is 2.32. The van der Waals surface area contributed by atoms with Gasteiger partial charge in [0.1, 0.15) is 0 Å². The summed E-state index contributed by atoms with van der Waals surface area (Å²) in [6.45, 7) is 7.31. The summed E-state index contributed by atoms with van der Waals surface area (Å²) in [6, 6.07) is -0.0394. The lowest BCUT2D eigenvalue weighted by Gasteiger charge is -2.21. The maximum absolute atomic E-state index is 11.5. The molecular weight excluding hydrogens is 208 g/mol. The molecule has 1 amide bonds. The summed E-state index contributed by atoms with van der Waals surface area (Å²) in [4.78, 5) is 11.5. The van der Waals surface area contributed by atoms with E-state index < -0.39 is 6.10 Å². The van der Waals surface area contributed by atoms with E-state index >= 15 is 0 Å². The molecule has 2 unspecified atom stereocenters. The molecule has 1 rings (SSSR count). The van der Waals surface area contributed by atoms with E-state index in [0.717, 1.165) is 0 Å². The van der Waals surface area contributed by atoms with Gasteiger partial charge in [0.2, 0.25) is 5.91 Å². The average molecular weight is 230 g/mol. The van der Waals surface area contributed by atoms with Crippen LogP contribution in [0.2, 0.25) is 0 Å². The van der Waals surface area contributed by atoms with Crippen LogP contribution in [0.4, 0.5) is 0 Å². The summed E-state index contributed by atoms with van der Waals surface area (Å²) < 4.78 is 5.09. The molecule has 0 radical (unpaired) electrons. The van der Waals surface area contributed by atoms with Gasteiger partial charge in [-0.05, 0) is 20.8 Å². The number of ether oxygens (including phenoxy) is 1. The molecule has 16 heavy (non-hydrogen) atoms. The van der Waals surface area contributed by atoms with Crippen LogP contribution in [0, 0.1) is 0 Å². The zero-order chi connectivity index (χ0) is 12.2. The second-order valence-electron chi connectivity index (χ2n) is 5.21. The Morgan fingerprint density at radius 1 is 1.44 bits per heavy atom. The summed E-state index contributed by atoms with van der Waals surface area (Å²) in [7, 11) is 0. The predicted octanol–water partition coefficient (Wildman–Crippen LogP) is -0.359. The van der Waals surface area contributed by atoms with Gasteiger partial charge < -0.3 is 20.5 Å². The van der Waals surface area contributed by atoms with Crippen molar-refractivity contribution in [3.05, 3.63) is 0 Å². The molecule has 1 heterocycles. The maximum Gasteiger partial charge on any atom is 0.221 e. The molecule has 0 aliphatic carbocycles. The highest BCUT2D eigenvalue weighted by Gasteiger charge is 2.25. The first kappa shape index (κ1) is 13.4. The Kier molecular flexibility index (Phi) is 4.70. The Morgan fingerprint density at radius 3 is 2.62 bits per heavy atom. The lowest BCUT2D eigenvalue weighted by Crippen LogP contribution is -2.44. The van der Waals surface area contributed by atoms with Crippen LogP contribution in [0.25, 0.3) is 0 Å². The van der Waals surface area contributed by atoms with Crippen LogP contribution in [0.1, 0.15) is 27.2 Å². The zero-order valence-electron chi connectivity index (χ0n) is 10.2. The number of hydrogen-bond donors (Lipinski definition) is 3. The fourth-order valence-corrected chi connectivity index (χ4v) is 1.59. The monoisotopic (exact) mass is 230 g/mol. The van der Waals surface area contributed by atoms with Gasteiger partial charge >= 0.3 is 0 Å². The van der Waals surface area contributed by atoms with Crippen molar-refractivity contribution in [1.29, 1.82) is 0 Å². The SMILES string of the molecule is CC(C)(C)NC(=O)CCNC1COCC1O. The summed E-state index contributed by atoms with van der Waals surface area (Å²) in [5.74, 6) is 0.0217. The summed E-state index contributed by atoms with van der Waals surface area (Å²) in [6.07, 6.45) is -0.0359. The number of carbonyl (C=O) groups excluding carboxylic acids is 1. The van der Waals surface area contributed by atoms with E-state index in [-0.39, 0.29) is 17.5 Å². The normalized spacial score (nSPS) is 25.8. The molecule has 1 aliphatic heterocycles. The van der Waals surface area contributed by atoms with Crippen LogP contribution in [-0.2, 0) is 9.53 Å². The fraction of sp³-hybridized carbons (Fsp3) is 0.909. The molecule has 94 valence electrons. The molecule has 0 aromatic rings. The van der Waals surface area contributed by atoms with Crippen molar-refractivity contribution in [2.24, 2.45) is 0 Å². The van der Waals surface area contributed by atoms with Gasteiger partial charge in [0.05, 0.1) is 25.4 Å². The van der Waals surface area contributed by atoms with Crippen molar-refractivity contribution in [1.82, 2.24) is 10.6 Å². The Hall–Kier alpha value is -0.650. The van der Waals surface area contributed by atoms with Gasteiger partial charge in [0.25, 0.3) is 0 Å². The summed E-state index contributed by atoms with van der Waals surface area (Å²) >= 11 is 0. The van der Waals surface area contributed by atoms with Crippen LogP contribution >= 0.6 is 0 Å². The molecule has 0 spiro atoms. The van der Waals surface area contributed by atoms with Gasteiger partial charge in [-0.1, -0.05) is 0 Å². The number of rotatable bonds is 4. The van der Waals surface area contributed by atoms with Crippen molar-refractivity contribution >= 4 is 5.91 Å². The first-order valence-corrected chi connectivity index (χ1v) is 5.69. The number of nitrogens with one attached hydrogen (secondary N) is 2. The molecule has 5 heteroatoms. The number of aliphatic hydroxyl groups is 1. The molecule has 0 aromatic heterocycles. The van der Waals surface area contributed by atoms with Crippen molar-refractivity contribution in [2.45, 2.75) is 44.9 Å². The van der Waals surface area contributed by atoms with Gasteiger partial charge in [-0.2, -0.15) is 0 Å². The van der Waals surface area contributed by atoms with Gasteiger partial charge in [-0.25, -0.2) is 0 Å². The van der Waals surface area contributed by atoms with Crippen molar-refractivity contribution in [3.63, 3.8) is 0 Å². The molecule has 0 aromatic carbocycles. The molecule has 1 fully saturated rings. The predicted molar refractivity (Wildman–Crippen MR) is 61.1 cm³/mol. The van der Waals surface area contributed by atoms with E-state index in [1.54, 1.807) is 0 Å². The minimum Gasteiger partial charge on any atom is -0.389 e. The highest BCUT2D eigenvalue weighted by Crippen LogP contribution is 2.05. The number of amides is 1. The molecular formula is C11H22N2O3. The first-order valence-electron chi connectivity index (χ1n) is 5.69. The first-order chi connectivity index (χ1) is 7.38. The van der Waals surface area contributed by atoms with E-state index in [0.29, 0.717) is 26.2 Å². The molecule has 0 bridgehead atoms. The molecule has 2 atom stereocenters. The van der Waals surface area contributed by atoms with Crippen molar-refractivity contribution < 1.29 is 14.6 Å². The fourth-order valence-electron chi connectivity index (χ4n) is 1.59. The second-order valence-corrected chi connectivity index (χ2v) is 5.21. The number of hydrogen-bond acceptors (Lipinski definition) is 4. The average Bonchev–Trinajstić information content (AvgIpc) is 2.48. The molecule has 3 N–H and O–H groups in total. The quantitative estimate of drug-likeness (QED) is 0.617. The van der Waals surface area contributed by atoms with E-state index in [1.165, 1.54) is 0 Å². The van der Waals surface area contributed by atoms with Crippen LogP contribution in [0.3, 0.4) is 0 Å². The minimum atomic E-state index is -0.453. The van der Waals surface area contributed by atoms with Gasteiger partial charge in [0, 0.05) is 18.5 Å². The van der Waals surface area contributed by atoms with Crippen LogP contribution in [0.5, 0.6) is 0 Å². The van der Waals surface area contributed by atoms with Gasteiger partial charge in [0.15, 0.2) is 0 Å². The molecule has 1 saturated heterocycles. The third-order valence-corrected chi connectivity index (χ3v) is 2.32. The maximum atomic E-state index is 11.5. The van der Waals surface area contributed by atoms with Crippen molar-refractivity contribution in [3.8, 4) is 0 Å². The van der Waals surface area contributed by atoms with E-state index in [9.17, 15) is 9.90 Å². The largest absolute Gasteiger partial charge is 0.389 e. The standard InChI is InChI=1S/C11H22N2O3/c1-11(2,3)13-10(15)4-5-12-8-6-16-7-9(8)14/h8-9,12,14H,4-7H2,1-3H3,(H,13,15). The van der Waals surface area contributed by atoms with Crippen LogP contribution < -0.4 is 10.6 Å². The second kappa shape index (κ2) is 5.61. The lowest BCUT2D eigenvalue weighted by atomic mass is 10.1. The molecule has 5 nitrogen and oxygen atoms in total. The molecule has 0 saturated carbocycles. The van der Waals surface area contributed by atoms with E-state index in [1.807, 2.05) is 20.8 Å². The van der Waals surface area contributed by atoms with Crippen LogP contribution in [-0.4, -0.2) is 48.5 Å². The van der Waals surface area contributed by atoms with Crippen molar-refractivity contribution in [2.75, 3.05) is 19.8 Å². The summed E-state index contributed by atoms with van der Waals surface area (Å²) in [5.41, 5.74) is -0.187. The topological polar surface area (TPSA) is 70.6 Å². The Bertz CT molecular complexity index is 238. The van der Waals surface area contributed by atoms with E-state index in [4.69, 9.17) is 4.74 Å². The number of aliphatic hydroxyl groups excluding tert-OH is 1. The van der Waals surface area contributed by atoms with Gasteiger partial charge in [-0.3, -0.25) is 4.79 Å². The zero-order valence-corrected chi connectivity index (χ0v) is 10.2. The minimum absolute atomic E-state index is 0.0217. The molecule has 1 aliphatic rings. The van der Waals surface area contributed by atoms with E-state index in [2.05, 4.69) is 10.6 Å².